The molecule has 4 rings (SSSR count). The van der Waals surface area contributed by atoms with E-state index >= 15 is 0 Å². The van der Waals surface area contributed by atoms with Gasteiger partial charge in [-0.3, -0.25) is 18.7 Å². The number of anilines is 1. The van der Waals surface area contributed by atoms with Crippen LogP contribution in [0.2, 0.25) is 0 Å². The molecule has 0 radical (unpaired) electrons. The average Bonchev–Trinajstić information content (AvgIpc) is 3.30. The summed E-state index contributed by atoms with van der Waals surface area (Å²) in [6.45, 7) is 7.03. The first-order chi connectivity index (χ1) is 14.5. The minimum atomic E-state index is -0.311. The first kappa shape index (κ1) is 20.4. The summed E-state index contributed by atoms with van der Waals surface area (Å²) in [6.07, 6.45) is 3.68. The number of hydrogen-bond donors (Lipinski definition) is 0. The van der Waals surface area contributed by atoms with E-state index in [1.165, 1.54) is 4.57 Å². The van der Waals surface area contributed by atoms with Gasteiger partial charge in [0.25, 0.3) is 5.56 Å². The van der Waals surface area contributed by atoms with E-state index in [0.717, 1.165) is 44.5 Å². The SMILES string of the molecule is CCn1c(=O)c(N2CCC(C(=O)N3CCCC3)CC2)c(C)n(-c2ccccc2)c1=O. The van der Waals surface area contributed by atoms with Crippen LogP contribution in [0.25, 0.3) is 5.69 Å². The average molecular weight is 411 g/mol. The molecule has 3 heterocycles. The Labute approximate surface area is 176 Å². The Morgan fingerprint density at radius 1 is 1.00 bits per heavy atom. The Morgan fingerprint density at radius 2 is 1.63 bits per heavy atom. The van der Waals surface area contributed by atoms with Gasteiger partial charge in [-0.1, -0.05) is 18.2 Å². The minimum absolute atomic E-state index is 0.0353. The van der Waals surface area contributed by atoms with Crippen LogP contribution >= 0.6 is 0 Å². The quantitative estimate of drug-likeness (QED) is 0.775. The number of amides is 1. The summed E-state index contributed by atoms with van der Waals surface area (Å²) in [5.41, 5.74) is 1.44. The maximum atomic E-state index is 13.2. The fraction of sp³-hybridized carbons (Fsp3) is 0.522. The van der Waals surface area contributed by atoms with E-state index in [0.29, 0.717) is 31.0 Å². The number of carbonyl (C=O) groups excluding carboxylic acids is 1. The third-order valence-corrected chi connectivity index (χ3v) is 6.46. The molecule has 2 aromatic rings. The summed E-state index contributed by atoms with van der Waals surface area (Å²) in [7, 11) is 0. The first-order valence-electron chi connectivity index (χ1n) is 11.0. The summed E-state index contributed by atoms with van der Waals surface area (Å²) in [5, 5.41) is 0. The van der Waals surface area contributed by atoms with Gasteiger partial charge in [0.1, 0.15) is 5.69 Å². The fourth-order valence-corrected chi connectivity index (χ4v) is 4.81. The van der Waals surface area contributed by atoms with Crippen LogP contribution in [0.4, 0.5) is 5.69 Å². The molecule has 1 aromatic heterocycles. The van der Waals surface area contributed by atoms with Crippen LogP contribution in [-0.2, 0) is 11.3 Å². The van der Waals surface area contributed by atoms with Gasteiger partial charge in [-0.05, 0) is 51.7 Å². The number of aromatic nitrogens is 2. The van der Waals surface area contributed by atoms with Crippen LogP contribution in [0.1, 0.15) is 38.3 Å². The Bertz CT molecular complexity index is 1030. The largest absolute Gasteiger partial charge is 0.366 e. The minimum Gasteiger partial charge on any atom is -0.366 e. The summed E-state index contributed by atoms with van der Waals surface area (Å²) in [4.78, 5) is 43.0. The summed E-state index contributed by atoms with van der Waals surface area (Å²) < 4.78 is 2.93. The molecule has 160 valence electrons. The maximum Gasteiger partial charge on any atom is 0.335 e. The van der Waals surface area contributed by atoms with Gasteiger partial charge in [0.15, 0.2) is 0 Å². The topological polar surface area (TPSA) is 67.6 Å². The zero-order valence-corrected chi connectivity index (χ0v) is 17.8. The maximum absolute atomic E-state index is 13.2. The van der Waals surface area contributed by atoms with Crippen LogP contribution < -0.4 is 16.1 Å². The van der Waals surface area contributed by atoms with E-state index in [-0.39, 0.29) is 23.1 Å². The number of piperidine rings is 1. The number of nitrogens with zero attached hydrogens (tertiary/aromatic N) is 4. The third kappa shape index (κ3) is 3.57. The Hall–Kier alpha value is -2.83. The number of rotatable bonds is 4. The van der Waals surface area contributed by atoms with Gasteiger partial charge >= 0.3 is 5.69 Å². The smallest absolute Gasteiger partial charge is 0.335 e. The first-order valence-corrected chi connectivity index (χ1v) is 11.0. The summed E-state index contributed by atoms with van der Waals surface area (Å²) in [6, 6.07) is 9.44. The number of hydrogen-bond acceptors (Lipinski definition) is 4. The molecule has 0 atom stereocenters. The van der Waals surface area contributed by atoms with Crippen molar-refractivity contribution in [2.45, 2.75) is 46.1 Å². The lowest BCUT2D eigenvalue weighted by molar-refractivity contribution is -0.135. The molecular formula is C23H30N4O3. The molecule has 0 unspecified atom stereocenters. The highest BCUT2D eigenvalue weighted by atomic mass is 16.2. The molecular weight excluding hydrogens is 380 g/mol. The number of benzene rings is 1. The molecule has 2 aliphatic rings. The van der Waals surface area contributed by atoms with Gasteiger partial charge in [0.2, 0.25) is 5.91 Å². The van der Waals surface area contributed by atoms with Crippen LogP contribution in [0.3, 0.4) is 0 Å². The number of likely N-dealkylation sites (tertiary alicyclic amines) is 1. The molecule has 0 bridgehead atoms. The zero-order valence-electron chi connectivity index (χ0n) is 17.8. The Morgan fingerprint density at radius 3 is 2.23 bits per heavy atom. The molecule has 1 amide bonds. The van der Waals surface area contributed by atoms with Crippen LogP contribution in [0.5, 0.6) is 0 Å². The summed E-state index contributed by atoms with van der Waals surface area (Å²) >= 11 is 0. The van der Waals surface area contributed by atoms with Crippen LogP contribution in [-0.4, -0.2) is 46.1 Å². The molecule has 0 spiro atoms. The molecule has 7 heteroatoms. The van der Waals surface area contributed by atoms with E-state index in [1.54, 1.807) is 4.57 Å². The van der Waals surface area contributed by atoms with Crippen molar-refractivity contribution < 1.29 is 4.79 Å². The van der Waals surface area contributed by atoms with Gasteiger partial charge in [0, 0.05) is 38.6 Å². The van der Waals surface area contributed by atoms with Crippen molar-refractivity contribution in [1.82, 2.24) is 14.0 Å². The van der Waals surface area contributed by atoms with Gasteiger partial charge < -0.3 is 9.80 Å². The fourth-order valence-electron chi connectivity index (χ4n) is 4.81. The predicted molar refractivity (Wildman–Crippen MR) is 117 cm³/mol. The van der Waals surface area contributed by atoms with E-state index in [1.807, 2.05) is 49.1 Å². The van der Waals surface area contributed by atoms with Crippen LogP contribution in [0, 0.1) is 12.8 Å². The second-order valence-corrected chi connectivity index (χ2v) is 8.23. The van der Waals surface area contributed by atoms with E-state index in [9.17, 15) is 14.4 Å². The second-order valence-electron chi connectivity index (χ2n) is 8.23. The van der Waals surface area contributed by atoms with Gasteiger partial charge in [0.05, 0.1) is 11.4 Å². The highest BCUT2D eigenvalue weighted by molar-refractivity contribution is 5.79. The molecule has 0 N–H and O–H groups in total. The van der Waals surface area contributed by atoms with Gasteiger partial charge in [-0.25, -0.2) is 4.79 Å². The van der Waals surface area contributed by atoms with E-state index in [2.05, 4.69) is 4.90 Å². The van der Waals surface area contributed by atoms with Crippen molar-refractivity contribution in [2.75, 3.05) is 31.1 Å². The molecule has 2 saturated heterocycles. The van der Waals surface area contributed by atoms with Crippen molar-refractivity contribution in [1.29, 1.82) is 0 Å². The van der Waals surface area contributed by atoms with Crippen molar-refractivity contribution in [3.05, 3.63) is 56.9 Å². The number of carbonyl (C=O) groups is 1. The standard InChI is InChI=1S/C23H30N4O3/c1-3-26-22(29)20(17(2)27(23(26)30)19-9-5-4-6-10-19)24-15-11-18(12-16-24)21(28)25-13-7-8-14-25/h4-6,9-10,18H,3,7-8,11-16H2,1-2H3. The molecule has 2 fully saturated rings. The zero-order chi connectivity index (χ0) is 21.3. The third-order valence-electron chi connectivity index (χ3n) is 6.46. The van der Waals surface area contributed by atoms with Crippen molar-refractivity contribution in [3.63, 3.8) is 0 Å². The lowest BCUT2D eigenvalue weighted by Crippen LogP contribution is -2.47. The van der Waals surface area contributed by atoms with Crippen molar-refractivity contribution in [3.8, 4) is 5.69 Å². The highest BCUT2D eigenvalue weighted by Gasteiger charge is 2.32. The molecule has 1 aromatic carbocycles. The monoisotopic (exact) mass is 410 g/mol. The molecule has 0 saturated carbocycles. The lowest BCUT2D eigenvalue weighted by Gasteiger charge is -2.35. The van der Waals surface area contributed by atoms with Gasteiger partial charge in [-0.15, -0.1) is 0 Å². The van der Waals surface area contributed by atoms with E-state index in [4.69, 9.17) is 0 Å². The normalized spacial score (nSPS) is 17.5. The Balaban J connectivity index is 1.65. The molecule has 0 aliphatic carbocycles. The molecule has 30 heavy (non-hydrogen) atoms. The van der Waals surface area contributed by atoms with E-state index < -0.39 is 0 Å². The van der Waals surface area contributed by atoms with Crippen molar-refractivity contribution in [2.24, 2.45) is 5.92 Å². The molecule has 2 aliphatic heterocycles. The van der Waals surface area contributed by atoms with Crippen LogP contribution in [0.15, 0.2) is 39.9 Å². The van der Waals surface area contributed by atoms with Gasteiger partial charge in [-0.2, -0.15) is 0 Å². The Kier molecular flexibility index (Phi) is 5.79. The lowest BCUT2D eigenvalue weighted by atomic mass is 9.95. The second kappa shape index (κ2) is 8.50. The summed E-state index contributed by atoms with van der Waals surface area (Å²) in [5.74, 6) is 0.303. The number of para-hydroxylation sites is 1. The van der Waals surface area contributed by atoms with Crippen molar-refractivity contribution >= 4 is 11.6 Å². The molecule has 7 nitrogen and oxygen atoms in total. The highest BCUT2D eigenvalue weighted by Crippen LogP contribution is 2.26. The predicted octanol–water partition coefficient (Wildman–Crippen LogP) is 2.17.